The zero-order valence-electron chi connectivity index (χ0n) is 17.0. The van der Waals surface area contributed by atoms with Gasteiger partial charge in [0.2, 0.25) is 11.8 Å². The van der Waals surface area contributed by atoms with E-state index in [1.54, 1.807) is 24.3 Å². The molecule has 160 valence electrons. The minimum Gasteiger partial charge on any atom is -0.415 e. The van der Waals surface area contributed by atoms with Crippen molar-refractivity contribution < 1.29 is 14.0 Å². The molecule has 2 N–H and O–H groups in total. The maximum atomic E-state index is 12.1. The van der Waals surface area contributed by atoms with Crippen LogP contribution in [0.25, 0.3) is 0 Å². The quantitative estimate of drug-likeness (QED) is 0.332. The third kappa shape index (κ3) is 5.41. The van der Waals surface area contributed by atoms with Crippen LogP contribution in [0, 0.1) is 0 Å². The van der Waals surface area contributed by atoms with Crippen LogP contribution in [0.4, 0.5) is 0 Å². The number of aromatic nitrogens is 2. The molecule has 0 saturated heterocycles. The summed E-state index contributed by atoms with van der Waals surface area (Å²) >= 11 is 1.10. The van der Waals surface area contributed by atoms with Crippen LogP contribution in [0.15, 0.2) is 101 Å². The average molecular weight is 445 g/mol. The van der Waals surface area contributed by atoms with Crippen LogP contribution < -0.4 is 10.9 Å². The van der Waals surface area contributed by atoms with E-state index in [1.165, 1.54) is 0 Å². The summed E-state index contributed by atoms with van der Waals surface area (Å²) in [6.45, 7) is 0. The molecule has 0 aliphatic carbocycles. The number of carbonyl (C=O) groups excluding carboxylic acids is 2. The molecular formula is C24H20N4O3S. The molecule has 3 aromatic carbocycles. The van der Waals surface area contributed by atoms with Crippen LogP contribution in [0.5, 0.6) is 0 Å². The average Bonchev–Trinajstić information content (AvgIpc) is 3.32. The Morgan fingerprint density at radius 3 is 1.94 bits per heavy atom. The summed E-state index contributed by atoms with van der Waals surface area (Å²) in [5.41, 5.74) is 7.28. The fraction of sp³-hybridized carbons (Fsp3) is 0.0833. The van der Waals surface area contributed by atoms with Gasteiger partial charge in [0.05, 0.1) is 11.7 Å². The number of hydrogen-bond donors (Lipinski definition) is 2. The number of hydrazine groups is 1. The first-order chi connectivity index (χ1) is 15.7. The first-order valence-corrected chi connectivity index (χ1v) is 10.9. The van der Waals surface area contributed by atoms with Gasteiger partial charge in [0.1, 0.15) is 0 Å². The summed E-state index contributed by atoms with van der Waals surface area (Å²) in [6.07, 6.45) is 0. The highest BCUT2D eigenvalue weighted by Crippen LogP contribution is 2.32. The Balaban J connectivity index is 1.38. The van der Waals surface area contributed by atoms with E-state index in [1.807, 2.05) is 66.7 Å². The Morgan fingerprint density at radius 2 is 1.34 bits per heavy atom. The molecule has 4 rings (SSSR count). The van der Waals surface area contributed by atoms with Crippen molar-refractivity contribution in [2.45, 2.75) is 11.1 Å². The lowest BCUT2D eigenvalue weighted by molar-refractivity contribution is -0.119. The third-order valence-electron chi connectivity index (χ3n) is 4.61. The highest BCUT2D eigenvalue weighted by molar-refractivity contribution is 7.99. The van der Waals surface area contributed by atoms with Gasteiger partial charge in [0.15, 0.2) is 0 Å². The first kappa shape index (κ1) is 21.3. The highest BCUT2D eigenvalue weighted by Gasteiger charge is 2.23. The zero-order valence-corrected chi connectivity index (χ0v) is 17.8. The van der Waals surface area contributed by atoms with E-state index in [-0.39, 0.29) is 22.8 Å². The fourth-order valence-electron chi connectivity index (χ4n) is 3.12. The van der Waals surface area contributed by atoms with Crippen LogP contribution >= 0.6 is 11.8 Å². The van der Waals surface area contributed by atoms with Gasteiger partial charge in [-0.05, 0) is 23.3 Å². The fourth-order valence-corrected chi connectivity index (χ4v) is 3.69. The van der Waals surface area contributed by atoms with Crippen molar-refractivity contribution >= 4 is 23.6 Å². The van der Waals surface area contributed by atoms with Crippen molar-refractivity contribution in [2.75, 3.05) is 5.75 Å². The van der Waals surface area contributed by atoms with E-state index in [4.69, 9.17) is 4.42 Å². The Morgan fingerprint density at radius 1 is 0.781 bits per heavy atom. The lowest BCUT2D eigenvalue weighted by Crippen LogP contribution is -2.42. The maximum Gasteiger partial charge on any atom is 0.277 e. The van der Waals surface area contributed by atoms with Crippen LogP contribution in [0.1, 0.15) is 33.3 Å². The standard InChI is InChI=1S/C24H20N4O3S/c29-20(25-26-22(30)19-14-8-3-9-15-19)16-32-24-28-27-23(31-24)21(17-10-4-1-5-11-17)18-12-6-2-7-13-18/h1-15,21H,16H2,(H,25,29)(H,26,30). The number of carbonyl (C=O) groups is 2. The number of thioether (sulfide) groups is 1. The monoisotopic (exact) mass is 444 g/mol. The SMILES string of the molecule is O=C(CSc1nnc(C(c2ccccc2)c2ccccc2)o1)NNC(=O)c1ccccc1. The van der Waals surface area contributed by atoms with Crippen LogP contribution in [-0.4, -0.2) is 27.8 Å². The molecular weight excluding hydrogens is 424 g/mol. The predicted molar refractivity (Wildman–Crippen MR) is 121 cm³/mol. The molecule has 0 radical (unpaired) electrons. The number of benzene rings is 3. The molecule has 0 atom stereocenters. The molecule has 7 nitrogen and oxygen atoms in total. The van der Waals surface area contributed by atoms with Crippen molar-refractivity contribution in [3.05, 3.63) is 114 Å². The van der Waals surface area contributed by atoms with Gasteiger partial charge in [-0.25, -0.2) is 0 Å². The van der Waals surface area contributed by atoms with Gasteiger partial charge in [-0.3, -0.25) is 20.4 Å². The molecule has 1 aromatic heterocycles. The van der Waals surface area contributed by atoms with Gasteiger partial charge in [-0.15, -0.1) is 10.2 Å². The van der Waals surface area contributed by atoms with Crippen molar-refractivity contribution in [3.8, 4) is 0 Å². The molecule has 0 bridgehead atoms. The Labute approximate surface area is 189 Å². The lowest BCUT2D eigenvalue weighted by atomic mass is 9.91. The number of amides is 2. The summed E-state index contributed by atoms with van der Waals surface area (Å²) < 4.78 is 5.87. The van der Waals surface area contributed by atoms with Gasteiger partial charge in [0.25, 0.3) is 11.1 Å². The molecule has 0 aliphatic rings. The molecule has 0 fully saturated rings. The molecule has 8 heteroatoms. The summed E-state index contributed by atoms with van der Waals surface area (Å²) in [6, 6.07) is 28.4. The first-order valence-electron chi connectivity index (χ1n) is 9.91. The summed E-state index contributed by atoms with van der Waals surface area (Å²) in [5, 5.41) is 8.58. The number of nitrogens with one attached hydrogen (secondary N) is 2. The Kier molecular flexibility index (Phi) is 6.94. The number of rotatable bonds is 7. The second-order valence-corrected chi connectivity index (χ2v) is 7.74. The van der Waals surface area contributed by atoms with Crippen molar-refractivity contribution in [1.82, 2.24) is 21.0 Å². The molecule has 2 amide bonds. The predicted octanol–water partition coefficient (Wildman–Crippen LogP) is 3.80. The number of hydrogen-bond acceptors (Lipinski definition) is 6. The zero-order chi connectivity index (χ0) is 22.2. The van der Waals surface area contributed by atoms with Gasteiger partial charge in [-0.2, -0.15) is 0 Å². The van der Waals surface area contributed by atoms with Gasteiger partial charge >= 0.3 is 0 Å². The molecule has 0 unspecified atom stereocenters. The third-order valence-corrected chi connectivity index (χ3v) is 5.43. The van der Waals surface area contributed by atoms with Crippen molar-refractivity contribution in [1.29, 1.82) is 0 Å². The van der Waals surface area contributed by atoms with Gasteiger partial charge in [0, 0.05) is 5.56 Å². The van der Waals surface area contributed by atoms with Crippen molar-refractivity contribution in [2.24, 2.45) is 0 Å². The Bertz CT molecular complexity index is 1130. The van der Waals surface area contributed by atoms with Gasteiger partial charge in [-0.1, -0.05) is 90.6 Å². The smallest absolute Gasteiger partial charge is 0.277 e. The number of nitrogens with zero attached hydrogens (tertiary/aromatic N) is 2. The molecule has 0 spiro atoms. The van der Waals surface area contributed by atoms with E-state index in [0.29, 0.717) is 11.5 Å². The summed E-state index contributed by atoms with van der Waals surface area (Å²) in [7, 11) is 0. The van der Waals surface area contributed by atoms with Crippen LogP contribution in [0.2, 0.25) is 0 Å². The highest BCUT2D eigenvalue weighted by atomic mass is 32.2. The van der Waals surface area contributed by atoms with Crippen molar-refractivity contribution in [3.63, 3.8) is 0 Å². The molecule has 0 saturated carbocycles. The molecule has 32 heavy (non-hydrogen) atoms. The molecule has 4 aromatic rings. The van der Waals surface area contributed by atoms with Crippen LogP contribution in [-0.2, 0) is 4.79 Å². The summed E-state index contributed by atoms with van der Waals surface area (Å²) in [5.74, 6) is -0.530. The van der Waals surface area contributed by atoms with E-state index < -0.39 is 5.91 Å². The van der Waals surface area contributed by atoms with E-state index in [9.17, 15) is 9.59 Å². The minimum absolute atomic E-state index is 0.0119. The topological polar surface area (TPSA) is 97.1 Å². The molecule has 1 heterocycles. The second kappa shape index (κ2) is 10.4. The van der Waals surface area contributed by atoms with E-state index >= 15 is 0 Å². The van der Waals surface area contributed by atoms with E-state index in [0.717, 1.165) is 22.9 Å². The maximum absolute atomic E-state index is 12.1. The van der Waals surface area contributed by atoms with Crippen LogP contribution in [0.3, 0.4) is 0 Å². The lowest BCUT2D eigenvalue weighted by Gasteiger charge is -2.13. The Hall–Kier alpha value is -3.91. The largest absolute Gasteiger partial charge is 0.415 e. The second-order valence-electron chi connectivity index (χ2n) is 6.82. The molecule has 0 aliphatic heterocycles. The van der Waals surface area contributed by atoms with Gasteiger partial charge < -0.3 is 4.42 Å². The minimum atomic E-state index is -0.391. The normalized spacial score (nSPS) is 10.7. The summed E-state index contributed by atoms with van der Waals surface area (Å²) in [4.78, 5) is 24.1. The van der Waals surface area contributed by atoms with E-state index in [2.05, 4.69) is 21.0 Å².